The largest absolute Gasteiger partial charge is 0.494 e. The van der Waals surface area contributed by atoms with Gasteiger partial charge in [0.25, 0.3) is 5.56 Å². The summed E-state index contributed by atoms with van der Waals surface area (Å²) in [6.07, 6.45) is 0. The summed E-state index contributed by atoms with van der Waals surface area (Å²) in [5.41, 5.74) is 2.43. The zero-order chi connectivity index (χ0) is 21.0. The van der Waals surface area contributed by atoms with Gasteiger partial charge in [-0.15, -0.1) is 0 Å². The van der Waals surface area contributed by atoms with Crippen molar-refractivity contribution in [2.75, 3.05) is 11.9 Å². The summed E-state index contributed by atoms with van der Waals surface area (Å²) in [7, 11) is 1.59. The van der Waals surface area contributed by atoms with Crippen LogP contribution in [-0.4, -0.2) is 21.9 Å². The fraction of sp³-hybridized carbons (Fsp3) is 0.174. The number of H-pyrrole nitrogens is 1. The number of anilines is 1. The second-order valence-corrected chi connectivity index (χ2v) is 7.27. The normalized spacial score (nSPS) is 16.6. The highest BCUT2D eigenvalue weighted by atomic mass is 16.5. The predicted octanol–water partition coefficient (Wildman–Crippen LogP) is 2.64. The first-order valence-corrected chi connectivity index (χ1v) is 9.73. The molecule has 2 aromatic carbocycles. The molecule has 1 aromatic heterocycles. The van der Waals surface area contributed by atoms with Gasteiger partial charge in [-0.25, -0.2) is 4.79 Å². The Bertz CT molecular complexity index is 1360. The highest BCUT2D eigenvalue weighted by Gasteiger charge is 2.43. The van der Waals surface area contributed by atoms with Crippen LogP contribution in [0.4, 0.5) is 5.82 Å². The van der Waals surface area contributed by atoms with E-state index in [4.69, 9.17) is 4.74 Å². The van der Waals surface area contributed by atoms with Crippen LogP contribution in [0.1, 0.15) is 39.9 Å². The van der Waals surface area contributed by atoms with Crippen molar-refractivity contribution in [2.45, 2.75) is 12.8 Å². The monoisotopic (exact) mass is 401 g/mol. The minimum atomic E-state index is -0.672. The van der Waals surface area contributed by atoms with E-state index in [1.807, 2.05) is 49.4 Å². The summed E-state index contributed by atoms with van der Waals surface area (Å²) in [5.74, 6) is 0.169. The predicted molar refractivity (Wildman–Crippen MR) is 113 cm³/mol. The number of benzene rings is 2. The Morgan fingerprint density at radius 2 is 1.70 bits per heavy atom. The number of carbonyl (C=O) groups excluding carboxylic acids is 1. The summed E-state index contributed by atoms with van der Waals surface area (Å²) in [5, 5.41) is 3.21. The maximum absolute atomic E-state index is 13.4. The van der Waals surface area contributed by atoms with Crippen LogP contribution in [0.2, 0.25) is 0 Å². The average molecular weight is 401 g/mol. The van der Waals surface area contributed by atoms with Gasteiger partial charge in [-0.1, -0.05) is 42.5 Å². The lowest BCUT2D eigenvalue weighted by molar-refractivity contribution is 0.103. The van der Waals surface area contributed by atoms with E-state index < -0.39 is 17.2 Å². The molecule has 2 aliphatic rings. The number of para-hydroxylation sites is 1. The van der Waals surface area contributed by atoms with E-state index in [-0.39, 0.29) is 5.78 Å². The van der Waals surface area contributed by atoms with Gasteiger partial charge in [-0.2, -0.15) is 0 Å². The smallest absolute Gasteiger partial charge is 0.329 e. The molecule has 2 heterocycles. The molecule has 0 fully saturated rings. The van der Waals surface area contributed by atoms with E-state index in [1.165, 1.54) is 4.57 Å². The van der Waals surface area contributed by atoms with Crippen LogP contribution in [0, 0.1) is 0 Å². The number of aromatic nitrogens is 2. The molecule has 0 spiro atoms. The van der Waals surface area contributed by atoms with Gasteiger partial charge in [0.2, 0.25) is 0 Å². The first-order valence-electron chi connectivity index (χ1n) is 9.73. The minimum Gasteiger partial charge on any atom is -0.494 e. The van der Waals surface area contributed by atoms with Crippen molar-refractivity contribution < 1.29 is 9.53 Å². The van der Waals surface area contributed by atoms with Crippen LogP contribution in [0.25, 0.3) is 5.70 Å². The number of hydrogen-bond donors (Lipinski definition) is 2. The lowest BCUT2D eigenvalue weighted by Crippen LogP contribution is -2.37. The summed E-state index contributed by atoms with van der Waals surface area (Å²) < 4.78 is 7.19. The van der Waals surface area contributed by atoms with Crippen molar-refractivity contribution in [2.24, 2.45) is 7.05 Å². The van der Waals surface area contributed by atoms with Crippen LogP contribution in [0.15, 0.2) is 63.7 Å². The van der Waals surface area contributed by atoms with Crippen LogP contribution >= 0.6 is 0 Å². The van der Waals surface area contributed by atoms with Gasteiger partial charge in [0, 0.05) is 29.3 Å². The summed E-state index contributed by atoms with van der Waals surface area (Å²) in [6.45, 7) is 2.32. The number of aromatic amines is 1. The molecule has 7 nitrogen and oxygen atoms in total. The zero-order valence-corrected chi connectivity index (χ0v) is 16.5. The topological polar surface area (TPSA) is 93.2 Å². The molecule has 30 heavy (non-hydrogen) atoms. The molecular formula is C23H19N3O4. The molecule has 0 unspecified atom stereocenters. The van der Waals surface area contributed by atoms with Crippen molar-refractivity contribution in [3.63, 3.8) is 0 Å². The third-order valence-electron chi connectivity index (χ3n) is 5.67. The Kier molecular flexibility index (Phi) is 3.99. The Labute approximate surface area is 171 Å². The molecule has 1 aliphatic heterocycles. The third kappa shape index (κ3) is 2.41. The molecule has 1 atom stereocenters. The molecule has 3 aromatic rings. The Morgan fingerprint density at radius 3 is 2.47 bits per heavy atom. The number of nitrogens with one attached hydrogen (secondary N) is 2. The molecule has 150 valence electrons. The first kappa shape index (κ1) is 18.2. The first-order chi connectivity index (χ1) is 14.5. The molecule has 2 N–H and O–H groups in total. The quantitative estimate of drug-likeness (QED) is 0.704. The number of nitrogens with zero attached hydrogens (tertiary/aromatic N) is 1. The zero-order valence-electron chi connectivity index (χ0n) is 16.5. The van der Waals surface area contributed by atoms with Gasteiger partial charge in [-0.3, -0.25) is 19.1 Å². The molecule has 0 saturated carbocycles. The Balaban J connectivity index is 1.87. The molecule has 7 heteroatoms. The molecule has 0 amide bonds. The number of ketones is 1. The Morgan fingerprint density at radius 1 is 1.00 bits per heavy atom. The number of fused-ring (bicyclic) bond motifs is 3. The van der Waals surface area contributed by atoms with E-state index in [9.17, 15) is 14.4 Å². The average Bonchev–Trinajstić information content (AvgIpc) is 3.04. The number of allylic oxidation sites excluding steroid dienone is 1. The minimum absolute atomic E-state index is 0.136. The van der Waals surface area contributed by atoms with Crippen LogP contribution in [0.3, 0.4) is 0 Å². The maximum Gasteiger partial charge on any atom is 0.329 e. The van der Waals surface area contributed by atoms with Gasteiger partial charge < -0.3 is 10.1 Å². The van der Waals surface area contributed by atoms with Crippen molar-refractivity contribution in [1.29, 1.82) is 0 Å². The number of carbonyl (C=O) groups is 1. The van der Waals surface area contributed by atoms with E-state index in [2.05, 4.69) is 10.3 Å². The molecule has 0 saturated heterocycles. The lowest BCUT2D eigenvalue weighted by atomic mass is 9.81. The van der Waals surface area contributed by atoms with Crippen LogP contribution < -0.4 is 21.3 Å². The highest BCUT2D eigenvalue weighted by Crippen LogP contribution is 2.49. The fourth-order valence-electron chi connectivity index (χ4n) is 4.35. The maximum atomic E-state index is 13.4. The van der Waals surface area contributed by atoms with E-state index in [1.54, 1.807) is 13.1 Å². The number of ether oxygens (including phenoxy) is 1. The van der Waals surface area contributed by atoms with Crippen LogP contribution in [0.5, 0.6) is 5.75 Å². The van der Waals surface area contributed by atoms with Gasteiger partial charge in [0.15, 0.2) is 5.78 Å². The van der Waals surface area contributed by atoms with E-state index in [0.717, 1.165) is 5.56 Å². The summed E-state index contributed by atoms with van der Waals surface area (Å²) in [6, 6.07) is 14.7. The molecule has 1 aliphatic carbocycles. The van der Waals surface area contributed by atoms with Gasteiger partial charge in [0.1, 0.15) is 11.6 Å². The molecule has 0 bridgehead atoms. The molecular weight excluding hydrogens is 382 g/mol. The van der Waals surface area contributed by atoms with Gasteiger partial charge in [-0.05, 0) is 13.0 Å². The highest BCUT2D eigenvalue weighted by molar-refractivity contribution is 6.23. The molecule has 0 radical (unpaired) electrons. The number of Topliss-reactive ketones (excluding diaryl/α,β-unsaturated/α-hetero) is 1. The van der Waals surface area contributed by atoms with Crippen molar-refractivity contribution >= 4 is 17.3 Å². The van der Waals surface area contributed by atoms with Crippen molar-refractivity contribution in [1.82, 2.24) is 9.55 Å². The number of hydrogen-bond acceptors (Lipinski definition) is 5. The Hall–Kier alpha value is -3.87. The van der Waals surface area contributed by atoms with E-state index in [0.29, 0.717) is 46.1 Å². The van der Waals surface area contributed by atoms with E-state index >= 15 is 0 Å². The SMILES string of the molecule is CCOc1ccccc1[C@H]1C2=C(Nc3c1c(=O)[nH]c(=O)n3C)c1ccccc1C2=O. The van der Waals surface area contributed by atoms with Crippen molar-refractivity contribution in [3.05, 3.63) is 97.2 Å². The van der Waals surface area contributed by atoms with Crippen LogP contribution in [-0.2, 0) is 7.05 Å². The number of rotatable bonds is 3. The summed E-state index contributed by atoms with van der Waals surface area (Å²) in [4.78, 5) is 41.1. The molecule has 5 rings (SSSR count). The van der Waals surface area contributed by atoms with Gasteiger partial charge in [0.05, 0.1) is 23.8 Å². The summed E-state index contributed by atoms with van der Waals surface area (Å²) >= 11 is 0. The van der Waals surface area contributed by atoms with Crippen molar-refractivity contribution in [3.8, 4) is 5.75 Å². The second kappa shape index (κ2) is 6.59. The second-order valence-electron chi connectivity index (χ2n) is 7.27. The lowest BCUT2D eigenvalue weighted by Gasteiger charge is -2.29. The third-order valence-corrected chi connectivity index (χ3v) is 5.67. The van der Waals surface area contributed by atoms with Gasteiger partial charge >= 0.3 is 5.69 Å². The fourth-order valence-corrected chi connectivity index (χ4v) is 4.35. The standard InChI is InChI=1S/C23H19N3O4/c1-3-30-15-11-7-6-10-14(15)16-17-19(12-8-4-5-9-13(12)20(17)27)24-21-18(16)22(28)25-23(29)26(21)2/h4-11,16,24H,3H2,1-2H3,(H,25,28,29)/t16-/m0/s1.